The highest BCUT2D eigenvalue weighted by atomic mass is 16.2. The average molecular weight is 270 g/mol. The number of nitrogens with zero attached hydrogens (tertiary/aromatic N) is 1. The first kappa shape index (κ1) is 14.5. The lowest BCUT2D eigenvalue weighted by atomic mass is 10.1. The van der Waals surface area contributed by atoms with Crippen molar-refractivity contribution in [3.63, 3.8) is 0 Å². The van der Waals surface area contributed by atoms with Crippen LogP contribution >= 0.6 is 0 Å². The van der Waals surface area contributed by atoms with Crippen LogP contribution in [0.3, 0.4) is 0 Å². The zero-order chi connectivity index (χ0) is 14.5. The van der Waals surface area contributed by atoms with Gasteiger partial charge in [-0.25, -0.2) is 4.79 Å². The fourth-order valence-electron chi connectivity index (χ4n) is 2.69. The lowest BCUT2D eigenvalue weighted by Gasteiger charge is -2.28. The van der Waals surface area contributed by atoms with E-state index in [0.717, 1.165) is 24.2 Å². The summed E-state index contributed by atoms with van der Waals surface area (Å²) < 4.78 is 0. The van der Waals surface area contributed by atoms with Crippen molar-refractivity contribution in [2.45, 2.75) is 39.2 Å². The number of likely N-dealkylation sites (tertiary alicyclic amines) is 1. The number of amides is 2. The molecular weight excluding hydrogens is 248 g/mol. The maximum atomic E-state index is 12.4. The molecule has 0 saturated carbocycles. The van der Waals surface area contributed by atoms with Crippen LogP contribution in [-0.2, 0) is 0 Å². The molecule has 2 rings (SSSR count). The average Bonchev–Trinajstić information content (AvgIpc) is 2.60. The van der Waals surface area contributed by atoms with Crippen LogP contribution in [0.5, 0.6) is 0 Å². The number of carbonyl (C=O) groups is 1. The fourth-order valence-corrected chi connectivity index (χ4v) is 2.69. The Morgan fingerprint density at radius 1 is 1.40 bits per heavy atom. The van der Waals surface area contributed by atoms with Crippen molar-refractivity contribution in [2.75, 3.05) is 11.9 Å². The SMILES string of the molecule is C#Cc1cccc(NC(=O)N2C[C@H](C)CCC[C@@H]2C)c1. The van der Waals surface area contributed by atoms with E-state index in [2.05, 4.69) is 25.1 Å². The van der Waals surface area contributed by atoms with Gasteiger partial charge in [-0.1, -0.05) is 25.3 Å². The highest BCUT2D eigenvalue weighted by molar-refractivity contribution is 5.89. The Kier molecular flexibility index (Phi) is 4.68. The van der Waals surface area contributed by atoms with Crippen molar-refractivity contribution < 1.29 is 4.79 Å². The first-order valence-corrected chi connectivity index (χ1v) is 7.24. The molecule has 1 aromatic carbocycles. The van der Waals surface area contributed by atoms with Crippen molar-refractivity contribution in [3.8, 4) is 12.3 Å². The van der Waals surface area contributed by atoms with Gasteiger partial charge >= 0.3 is 6.03 Å². The molecule has 106 valence electrons. The van der Waals surface area contributed by atoms with E-state index in [1.54, 1.807) is 0 Å². The van der Waals surface area contributed by atoms with Gasteiger partial charge in [-0.15, -0.1) is 6.42 Å². The fraction of sp³-hybridized carbons (Fsp3) is 0.471. The van der Waals surface area contributed by atoms with Gasteiger partial charge in [0.05, 0.1) is 0 Å². The number of terminal acetylenes is 1. The molecule has 1 heterocycles. The molecule has 2 atom stereocenters. The summed E-state index contributed by atoms with van der Waals surface area (Å²) in [5.41, 5.74) is 1.54. The maximum absolute atomic E-state index is 12.4. The third kappa shape index (κ3) is 3.54. The molecule has 0 aliphatic carbocycles. The van der Waals surface area contributed by atoms with E-state index >= 15 is 0 Å². The highest BCUT2D eigenvalue weighted by Crippen LogP contribution is 2.21. The minimum absolute atomic E-state index is 0.0274. The summed E-state index contributed by atoms with van der Waals surface area (Å²) >= 11 is 0. The lowest BCUT2D eigenvalue weighted by Crippen LogP contribution is -2.42. The van der Waals surface area contributed by atoms with Crippen LogP contribution < -0.4 is 5.32 Å². The molecule has 1 aliphatic heterocycles. The van der Waals surface area contributed by atoms with Gasteiger partial charge in [-0.3, -0.25) is 0 Å². The van der Waals surface area contributed by atoms with Crippen molar-refractivity contribution in [1.82, 2.24) is 4.90 Å². The molecule has 0 spiro atoms. The molecule has 1 aromatic rings. The Hall–Kier alpha value is -1.95. The predicted octanol–water partition coefficient (Wildman–Crippen LogP) is 3.71. The second-order valence-corrected chi connectivity index (χ2v) is 5.69. The van der Waals surface area contributed by atoms with E-state index in [-0.39, 0.29) is 12.1 Å². The van der Waals surface area contributed by atoms with Gasteiger partial charge < -0.3 is 10.2 Å². The summed E-state index contributed by atoms with van der Waals surface area (Å²) in [7, 11) is 0. The Bertz CT molecular complexity index is 518. The quantitative estimate of drug-likeness (QED) is 0.775. The molecule has 1 saturated heterocycles. The molecule has 0 radical (unpaired) electrons. The molecule has 3 nitrogen and oxygen atoms in total. The molecule has 0 aromatic heterocycles. The highest BCUT2D eigenvalue weighted by Gasteiger charge is 2.25. The molecule has 2 amide bonds. The van der Waals surface area contributed by atoms with Gasteiger partial charge in [-0.2, -0.15) is 0 Å². The lowest BCUT2D eigenvalue weighted by molar-refractivity contribution is 0.187. The normalized spacial score (nSPS) is 22.8. The van der Waals surface area contributed by atoms with E-state index in [1.165, 1.54) is 12.8 Å². The maximum Gasteiger partial charge on any atom is 0.322 e. The van der Waals surface area contributed by atoms with E-state index < -0.39 is 0 Å². The molecule has 0 bridgehead atoms. The minimum atomic E-state index is -0.0274. The van der Waals surface area contributed by atoms with E-state index in [9.17, 15) is 4.79 Å². The molecule has 1 aliphatic rings. The molecule has 0 unspecified atom stereocenters. The number of carbonyl (C=O) groups excluding carboxylic acids is 1. The third-order valence-corrected chi connectivity index (χ3v) is 3.90. The number of nitrogens with one attached hydrogen (secondary N) is 1. The second kappa shape index (κ2) is 6.47. The number of rotatable bonds is 1. The number of urea groups is 1. The third-order valence-electron chi connectivity index (χ3n) is 3.90. The summed E-state index contributed by atoms with van der Waals surface area (Å²) in [5.74, 6) is 3.14. The van der Waals surface area contributed by atoms with Gasteiger partial charge in [-0.05, 0) is 43.9 Å². The number of hydrogen-bond acceptors (Lipinski definition) is 1. The van der Waals surface area contributed by atoms with E-state index in [4.69, 9.17) is 6.42 Å². The van der Waals surface area contributed by atoms with Gasteiger partial charge in [0.2, 0.25) is 0 Å². The van der Waals surface area contributed by atoms with Gasteiger partial charge in [0.25, 0.3) is 0 Å². The minimum Gasteiger partial charge on any atom is -0.322 e. The zero-order valence-electron chi connectivity index (χ0n) is 12.2. The van der Waals surface area contributed by atoms with Crippen LogP contribution in [0.15, 0.2) is 24.3 Å². The van der Waals surface area contributed by atoms with Crippen LogP contribution in [0.2, 0.25) is 0 Å². The first-order valence-electron chi connectivity index (χ1n) is 7.24. The van der Waals surface area contributed by atoms with Gasteiger partial charge in [0.15, 0.2) is 0 Å². The smallest absolute Gasteiger partial charge is 0.322 e. The monoisotopic (exact) mass is 270 g/mol. The number of benzene rings is 1. The Morgan fingerprint density at radius 2 is 2.20 bits per heavy atom. The van der Waals surface area contributed by atoms with Crippen molar-refractivity contribution in [3.05, 3.63) is 29.8 Å². The largest absolute Gasteiger partial charge is 0.322 e. The second-order valence-electron chi connectivity index (χ2n) is 5.69. The molecular formula is C17H22N2O. The summed E-state index contributed by atoms with van der Waals surface area (Å²) in [6.07, 6.45) is 8.84. The summed E-state index contributed by atoms with van der Waals surface area (Å²) in [6, 6.07) is 7.66. The number of anilines is 1. The van der Waals surface area contributed by atoms with Crippen LogP contribution in [-0.4, -0.2) is 23.5 Å². The van der Waals surface area contributed by atoms with E-state index in [1.807, 2.05) is 29.2 Å². The van der Waals surface area contributed by atoms with Crippen LogP contribution in [0.25, 0.3) is 0 Å². The van der Waals surface area contributed by atoms with E-state index in [0.29, 0.717) is 5.92 Å². The number of hydrogen-bond donors (Lipinski definition) is 1. The topological polar surface area (TPSA) is 32.3 Å². The molecule has 3 heteroatoms. The Labute approximate surface area is 121 Å². The molecule has 1 fully saturated rings. The van der Waals surface area contributed by atoms with Crippen LogP contribution in [0.4, 0.5) is 10.5 Å². The molecule has 20 heavy (non-hydrogen) atoms. The predicted molar refractivity (Wildman–Crippen MR) is 82.6 cm³/mol. The van der Waals surface area contributed by atoms with Gasteiger partial charge in [0.1, 0.15) is 0 Å². The molecule has 1 N–H and O–H groups in total. The Balaban J connectivity index is 2.08. The van der Waals surface area contributed by atoms with Crippen molar-refractivity contribution in [1.29, 1.82) is 0 Å². The Morgan fingerprint density at radius 3 is 2.95 bits per heavy atom. The summed E-state index contributed by atoms with van der Waals surface area (Å²) in [6.45, 7) is 5.15. The van der Waals surface area contributed by atoms with Crippen molar-refractivity contribution in [2.24, 2.45) is 5.92 Å². The van der Waals surface area contributed by atoms with Crippen molar-refractivity contribution >= 4 is 11.7 Å². The summed E-state index contributed by atoms with van der Waals surface area (Å²) in [4.78, 5) is 14.4. The standard InChI is InChI=1S/C17H22N2O/c1-4-15-9-6-10-16(11-15)18-17(20)19-12-13(2)7-5-8-14(19)3/h1,6,9-11,13-14H,5,7-8,12H2,2-3H3,(H,18,20)/t13-,14+/m1/s1. The first-order chi connectivity index (χ1) is 9.60. The zero-order valence-corrected chi connectivity index (χ0v) is 12.2. The van der Waals surface area contributed by atoms with Crippen LogP contribution in [0.1, 0.15) is 38.7 Å². The summed E-state index contributed by atoms with van der Waals surface area (Å²) in [5, 5.41) is 2.96. The van der Waals surface area contributed by atoms with Crippen LogP contribution in [0, 0.1) is 18.3 Å². The van der Waals surface area contributed by atoms with Gasteiger partial charge in [0, 0.05) is 23.8 Å².